The van der Waals surface area contributed by atoms with Crippen molar-refractivity contribution >= 4 is 23.2 Å². The van der Waals surface area contributed by atoms with Crippen LogP contribution in [-0.4, -0.2) is 80.5 Å². The summed E-state index contributed by atoms with van der Waals surface area (Å²) in [6.07, 6.45) is 6.12. The Balaban J connectivity index is 1.38. The monoisotopic (exact) mass is 415 g/mol. The molecule has 1 aromatic rings. The number of anilines is 2. The number of carbonyl (C=O) groups excluding carboxylic acids is 2. The molecule has 3 rings (SSSR count). The van der Waals surface area contributed by atoms with E-state index in [2.05, 4.69) is 37.5 Å². The minimum absolute atomic E-state index is 0.0201. The quantitative estimate of drug-likeness (QED) is 0.681. The summed E-state index contributed by atoms with van der Waals surface area (Å²) in [5.74, 6) is 0.110. The van der Waals surface area contributed by atoms with Crippen molar-refractivity contribution in [1.29, 1.82) is 0 Å². The Morgan fingerprint density at radius 2 is 1.37 bits per heavy atom. The van der Waals surface area contributed by atoms with Crippen molar-refractivity contribution in [2.75, 3.05) is 69.1 Å². The van der Waals surface area contributed by atoms with Crippen LogP contribution in [0.15, 0.2) is 24.3 Å². The first-order chi connectivity index (χ1) is 14.6. The summed E-state index contributed by atoms with van der Waals surface area (Å²) in [5.41, 5.74) is 2.10. The van der Waals surface area contributed by atoms with Gasteiger partial charge in [0.25, 0.3) is 0 Å². The molecule has 2 N–H and O–H groups in total. The van der Waals surface area contributed by atoms with Crippen molar-refractivity contribution in [1.82, 2.24) is 15.1 Å². The van der Waals surface area contributed by atoms with Gasteiger partial charge < -0.3 is 15.5 Å². The van der Waals surface area contributed by atoms with E-state index in [1.807, 2.05) is 19.1 Å². The second kappa shape index (κ2) is 11.9. The van der Waals surface area contributed by atoms with Crippen molar-refractivity contribution in [3.63, 3.8) is 0 Å². The number of hydrogen-bond acceptors (Lipinski definition) is 5. The van der Waals surface area contributed by atoms with E-state index in [4.69, 9.17) is 0 Å². The van der Waals surface area contributed by atoms with E-state index in [1.54, 1.807) is 0 Å². The van der Waals surface area contributed by atoms with Crippen LogP contribution in [0, 0.1) is 0 Å². The van der Waals surface area contributed by atoms with Gasteiger partial charge in [0, 0.05) is 57.2 Å². The number of rotatable bonds is 8. The Morgan fingerprint density at radius 1 is 0.800 bits per heavy atom. The van der Waals surface area contributed by atoms with Crippen molar-refractivity contribution in [3.8, 4) is 0 Å². The fourth-order valence-electron chi connectivity index (χ4n) is 4.12. The molecule has 0 bridgehead atoms. The predicted molar refractivity (Wildman–Crippen MR) is 122 cm³/mol. The van der Waals surface area contributed by atoms with E-state index in [1.165, 1.54) is 31.4 Å². The third-order valence-corrected chi connectivity index (χ3v) is 5.89. The lowest BCUT2D eigenvalue weighted by Crippen LogP contribution is -2.51. The molecule has 7 heteroatoms. The summed E-state index contributed by atoms with van der Waals surface area (Å²) in [5, 5.41) is 5.94. The standard InChI is InChI=1S/C23H37N5O2/c1-2-11-24-22(29)18-26-14-16-27(17-15-26)19-23(30)25-20-7-9-21(10-8-20)28-12-5-3-4-6-13-28/h7-10H,2-6,11-19H2,1H3,(H,24,29)(H,25,30). The Kier molecular flexibility index (Phi) is 8.96. The van der Waals surface area contributed by atoms with Crippen LogP contribution in [0.5, 0.6) is 0 Å². The molecule has 0 aromatic heterocycles. The van der Waals surface area contributed by atoms with Crippen LogP contribution in [0.3, 0.4) is 0 Å². The van der Waals surface area contributed by atoms with E-state index in [0.29, 0.717) is 13.1 Å². The van der Waals surface area contributed by atoms with Gasteiger partial charge in [-0.25, -0.2) is 0 Å². The topological polar surface area (TPSA) is 67.9 Å². The van der Waals surface area contributed by atoms with E-state index in [-0.39, 0.29) is 11.8 Å². The van der Waals surface area contributed by atoms with Crippen LogP contribution in [0.2, 0.25) is 0 Å². The first-order valence-corrected chi connectivity index (χ1v) is 11.5. The third kappa shape index (κ3) is 7.29. The van der Waals surface area contributed by atoms with Gasteiger partial charge in [-0.15, -0.1) is 0 Å². The van der Waals surface area contributed by atoms with Gasteiger partial charge in [-0.3, -0.25) is 19.4 Å². The van der Waals surface area contributed by atoms with Crippen LogP contribution in [0.1, 0.15) is 39.0 Å². The number of nitrogens with zero attached hydrogens (tertiary/aromatic N) is 3. The summed E-state index contributed by atoms with van der Waals surface area (Å²) >= 11 is 0. The maximum atomic E-state index is 12.4. The lowest BCUT2D eigenvalue weighted by Gasteiger charge is -2.33. The predicted octanol–water partition coefficient (Wildman–Crippen LogP) is 2.15. The largest absolute Gasteiger partial charge is 0.372 e. The molecule has 7 nitrogen and oxygen atoms in total. The van der Waals surface area contributed by atoms with Gasteiger partial charge >= 0.3 is 0 Å². The van der Waals surface area contributed by atoms with Crippen LogP contribution >= 0.6 is 0 Å². The van der Waals surface area contributed by atoms with Crippen LogP contribution in [0.25, 0.3) is 0 Å². The molecular weight excluding hydrogens is 378 g/mol. The van der Waals surface area contributed by atoms with Gasteiger partial charge in [0.15, 0.2) is 0 Å². The highest BCUT2D eigenvalue weighted by Gasteiger charge is 2.20. The van der Waals surface area contributed by atoms with E-state index < -0.39 is 0 Å². The lowest BCUT2D eigenvalue weighted by atomic mass is 10.2. The first-order valence-electron chi connectivity index (χ1n) is 11.5. The van der Waals surface area contributed by atoms with Gasteiger partial charge in [0.1, 0.15) is 0 Å². The van der Waals surface area contributed by atoms with Crippen molar-refractivity contribution in [2.45, 2.75) is 39.0 Å². The van der Waals surface area contributed by atoms with Gasteiger partial charge in [0.2, 0.25) is 11.8 Å². The average Bonchev–Trinajstić information content (AvgIpc) is 3.04. The zero-order valence-corrected chi connectivity index (χ0v) is 18.4. The molecule has 2 fully saturated rings. The molecule has 2 aliphatic heterocycles. The van der Waals surface area contributed by atoms with E-state index in [9.17, 15) is 9.59 Å². The molecule has 30 heavy (non-hydrogen) atoms. The number of piperazine rings is 1. The number of hydrogen-bond donors (Lipinski definition) is 2. The lowest BCUT2D eigenvalue weighted by molar-refractivity contribution is -0.123. The van der Waals surface area contributed by atoms with E-state index >= 15 is 0 Å². The van der Waals surface area contributed by atoms with Crippen LogP contribution < -0.4 is 15.5 Å². The van der Waals surface area contributed by atoms with Crippen molar-refractivity contribution in [3.05, 3.63) is 24.3 Å². The fraction of sp³-hybridized carbons (Fsp3) is 0.652. The van der Waals surface area contributed by atoms with Gasteiger partial charge in [0.05, 0.1) is 13.1 Å². The zero-order chi connectivity index (χ0) is 21.2. The summed E-state index contributed by atoms with van der Waals surface area (Å²) in [6.45, 7) is 9.12. The molecule has 2 aliphatic rings. The molecule has 0 atom stereocenters. The van der Waals surface area contributed by atoms with Crippen molar-refractivity contribution in [2.24, 2.45) is 0 Å². The summed E-state index contributed by atoms with van der Waals surface area (Å²) in [6, 6.07) is 8.24. The van der Waals surface area contributed by atoms with E-state index in [0.717, 1.165) is 57.9 Å². The second-order valence-corrected chi connectivity index (χ2v) is 8.40. The molecule has 166 valence electrons. The Labute approximate surface area is 180 Å². The highest BCUT2D eigenvalue weighted by molar-refractivity contribution is 5.92. The Morgan fingerprint density at radius 3 is 1.93 bits per heavy atom. The first kappa shape index (κ1) is 22.6. The van der Waals surface area contributed by atoms with Gasteiger partial charge in [-0.2, -0.15) is 0 Å². The van der Waals surface area contributed by atoms with Crippen LogP contribution in [0.4, 0.5) is 11.4 Å². The molecule has 1 aromatic carbocycles. The molecule has 0 radical (unpaired) electrons. The third-order valence-electron chi connectivity index (χ3n) is 5.89. The number of carbonyl (C=O) groups is 2. The van der Waals surface area contributed by atoms with Gasteiger partial charge in [-0.05, 0) is 43.5 Å². The maximum absolute atomic E-state index is 12.4. The number of benzene rings is 1. The molecule has 2 saturated heterocycles. The minimum Gasteiger partial charge on any atom is -0.372 e. The van der Waals surface area contributed by atoms with Gasteiger partial charge in [-0.1, -0.05) is 19.8 Å². The average molecular weight is 416 g/mol. The second-order valence-electron chi connectivity index (χ2n) is 8.40. The SMILES string of the molecule is CCCNC(=O)CN1CCN(CC(=O)Nc2ccc(N3CCCCCC3)cc2)CC1. The maximum Gasteiger partial charge on any atom is 0.238 e. The highest BCUT2D eigenvalue weighted by Crippen LogP contribution is 2.21. The molecule has 0 unspecified atom stereocenters. The molecule has 2 amide bonds. The molecule has 0 spiro atoms. The fourth-order valence-corrected chi connectivity index (χ4v) is 4.12. The Hall–Kier alpha value is -2.12. The smallest absolute Gasteiger partial charge is 0.238 e. The molecule has 0 aliphatic carbocycles. The molecular formula is C23H37N5O2. The highest BCUT2D eigenvalue weighted by atomic mass is 16.2. The molecule has 2 heterocycles. The van der Waals surface area contributed by atoms with Crippen molar-refractivity contribution < 1.29 is 9.59 Å². The minimum atomic E-state index is 0.0201. The number of nitrogens with one attached hydrogen (secondary N) is 2. The summed E-state index contributed by atoms with van der Waals surface area (Å²) in [4.78, 5) is 31.0. The zero-order valence-electron chi connectivity index (χ0n) is 18.4. The van der Waals surface area contributed by atoms with Crippen LogP contribution in [-0.2, 0) is 9.59 Å². The Bertz CT molecular complexity index is 663. The normalized spacial score (nSPS) is 18.6. The number of amides is 2. The molecule has 0 saturated carbocycles. The summed E-state index contributed by atoms with van der Waals surface area (Å²) in [7, 11) is 0. The summed E-state index contributed by atoms with van der Waals surface area (Å²) < 4.78 is 0.